The highest BCUT2D eigenvalue weighted by molar-refractivity contribution is 5.73. The molecule has 126 valence electrons. The maximum Gasteiger partial charge on any atom is 0.219 e. The summed E-state index contributed by atoms with van der Waals surface area (Å²) >= 11 is 0. The summed E-state index contributed by atoms with van der Waals surface area (Å²) in [7, 11) is 1.68. The predicted octanol–water partition coefficient (Wildman–Crippen LogP) is 3.56. The molecule has 1 amide bonds. The normalized spacial score (nSPS) is 17.6. The van der Waals surface area contributed by atoms with E-state index in [1.807, 2.05) is 35.4 Å². The van der Waals surface area contributed by atoms with Crippen molar-refractivity contribution in [3.8, 4) is 17.0 Å². The average molecular weight is 324 g/mol. The van der Waals surface area contributed by atoms with Crippen LogP contribution >= 0.6 is 0 Å². The molecule has 1 fully saturated rings. The predicted molar refractivity (Wildman–Crippen MR) is 94.9 cm³/mol. The van der Waals surface area contributed by atoms with Crippen LogP contribution in [0.4, 0.5) is 0 Å². The molecule has 1 saturated heterocycles. The molecule has 1 aliphatic heterocycles. The first-order valence-electron chi connectivity index (χ1n) is 8.51. The molecule has 4 nitrogen and oxygen atoms in total. The van der Waals surface area contributed by atoms with Crippen molar-refractivity contribution in [3.05, 3.63) is 48.2 Å². The van der Waals surface area contributed by atoms with Crippen LogP contribution in [-0.4, -0.2) is 36.0 Å². The molecule has 0 N–H and O–H groups in total. The average Bonchev–Trinajstić information content (AvgIpc) is 2.62. The fourth-order valence-corrected chi connectivity index (χ4v) is 3.46. The summed E-state index contributed by atoms with van der Waals surface area (Å²) in [5.74, 6) is 1.54. The van der Waals surface area contributed by atoms with Crippen LogP contribution in [-0.2, 0) is 11.2 Å². The Balaban J connectivity index is 1.77. The van der Waals surface area contributed by atoms with Crippen molar-refractivity contribution in [2.75, 3.05) is 20.2 Å². The number of benzene rings is 1. The lowest BCUT2D eigenvalue weighted by Crippen LogP contribution is -2.39. The van der Waals surface area contributed by atoms with Crippen molar-refractivity contribution in [1.29, 1.82) is 0 Å². The van der Waals surface area contributed by atoms with Gasteiger partial charge in [-0.3, -0.25) is 9.78 Å². The summed E-state index contributed by atoms with van der Waals surface area (Å²) in [5.41, 5.74) is 3.21. The van der Waals surface area contributed by atoms with Gasteiger partial charge in [0, 0.05) is 31.8 Å². The molecule has 0 bridgehead atoms. The first-order valence-corrected chi connectivity index (χ1v) is 8.51. The van der Waals surface area contributed by atoms with Crippen LogP contribution in [0.15, 0.2) is 42.6 Å². The highest BCUT2D eigenvalue weighted by Crippen LogP contribution is 2.29. The Kier molecular flexibility index (Phi) is 5.14. The van der Waals surface area contributed by atoms with Crippen LogP contribution in [0.1, 0.15) is 25.3 Å². The minimum absolute atomic E-state index is 0.184. The zero-order valence-corrected chi connectivity index (χ0v) is 14.4. The third-order valence-corrected chi connectivity index (χ3v) is 4.70. The molecular weight excluding hydrogens is 300 g/mol. The number of ether oxygens (including phenoxy) is 1. The molecule has 4 heteroatoms. The first kappa shape index (κ1) is 16.5. The Morgan fingerprint density at radius 1 is 1.33 bits per heavy atom. The largest absolute Gasteiger partial charge is 0.496 e. The molecule has 1 atom stereocenters. The van der Waals surface area contributed by atoms with Crippen LogP contribution in [0.2, 0.25) is 0 Å². The molecule has 0 unspecified atom stereocenters. The standard InChI is InChI=1S/C20H24N2O2/c1-15(23)22-11-5-6-17(14-22)12-16-9-10-21-19(13-16)18-7-3-4-8-20(18)24-2/h3-4,7-10,13,17H,5-6,11-12,14H2,1-2H3/t17-/m1/s1. The molecule has 2 heterocycles. The van der Waals surface area contributed by atoms with E-state index in [9.17, 15) is 4.79 Å². The minimum atomic E-state index is 0.184. The van der Waals surface area contributed by atoms with E-state index in [-0.39, 0.29) is 5.91 Å². The van der Waals surface area contributed by atoms with Crippen LogP contribution in [0.25, 0.3) is 11.3 Å². The molecular formula is C20H24N2O2. The highest BCUT2D eigenvalue weighted by atomic mass is 16.5. The van der Waals surface area contributed by atoms with Crippen LogP contribution in [0.3, 0.4) is 0 Å². The number of carbonyl (C=O) groups is 1. The number of likely N-dealkylation sites (tertiary alicyclic amines) is 1. The molecule has 24 heavy (non-hydrogen) atoms. The molecule has 1 aromatic heterocycles. The Bertz CT molecular complexity index is 714. The Labute approximate surface area is 143 Å². The van der Waals surface area contributed by atoms with Crippen LogP contribution < -0.4 is 4.74 Å². The van der Waals surface area contributed by atoms with Crippen molar-refractivity contribution < 1.29 is 9.53 Å². The second-order valence-corrected chi connectivity index (χ2v) is 6.43. The number of para-hydroxylation sites is 1. The van der Waals surface area contributed by atoms with Crippen molar-refractivity contribution in [3.63, 3.8) is 0 Å². The second kappa shape index (κ2) is 7.47. The number of hydrogen-bond donors (Lipinski definition) is 0. The molecule has 0 saturated carbocycles. The monoisotopic (exact) mass is 324 g/mol. The smallest absolute Gasteiger partial charge is 0.219 e. The van der Waals surface area contributed by atoms with E-state index in [1.165, 1.54) is 12.0 Å². The number of methoxy groups -OCH3 is 1. The topological polar surface area (TPSA) is 42.4 Å². The number of aromatic nitrogens is 1. The van der Waals surface area contributed by atoms with Gasteiger partial charge < -0.3 is 9.64 Å². The first-order chi connectivity index (χ1) is 11.7. The fraction of sp³-hybridized carbons (Fsp3) is 0.400. The Morgan fingerprint density at radius 2 is 2.17 bits per heavy atom. The van der Waals surface area contributed by atoms with E-state index in [0.717, 1.165) is 42.9 Å². The van der Waals surface area contributed by atoms with Gasteiger partial charge in [0.25, 0.3) is 0 Å². The van der Waals surface area contributed by atoms with E-state index in [0.29, 0.717) is 5.92 Å². The second-order valence-electron chi connectivity index (χ2n) is 6.43. The number of hydrogen-bond acceptors (Lipinski definition) is 3. The molecule has 2 aromatic rings. The number of amides is 1. The summed E-state index contributed by atoms with van der Waals surface area (Å²) in [6.07, 6.45) is 5.11. The van der Waals surface area contributed by atoms with E-state index in [2.05, 4.69) is 17.1 Å². The van der Waals surface area contributed by atoms with Crippen LogP contribution in [0, 0.1) is 5.92 Å². The number of piperidine rings is 1. The SMILES string of the molecule is COc1ccccc1-c1cc(C[C@H]2CCCN(C(C)=O)C2)ccn1. The maximum atomic E-state index is 11.6. The Hall–Kier alpha value is -2.36. The van der Waals surface area contributed by atoms with Gasteiger partial charge in [-0.1, -0.05) is 12.1 Å². The number of nitrogens with zero attached hydrogens (tertiary/aromatic N) is 2. The lowest BCUT2D eigenvalue weighted by Gasteiger charge is -2.32. The zero-order chi connectivity index (χ0) is 16.9. The van der Waals surface area contributed by atoms with E-state index < -0.39 is 0 Å². The molecule has 1 aromatic carbocycles. The van der Waals surface area contributed by atoms with Gasteiger partial charge in [-0.2, -0.15) is 0 Å². The van der Waals surface area contributed by atoms with Gasteiger partial charge in [0.1, 0.15) is 5.75 Å². The maximum absolute atomic E-state index is 11.6. The summed E-state index contributed by atoms with van der Waals surface area (Å²) in [5, 5.41) is 0. The van der Waals surface area contributed by atoms with Crippen molar-refractivity contribution in [2.24, 2.45) is 5.92 Å². The van der Waals surface area contributed by atoms with Crippen LogP contribution in [0.5, 0.6) is 5.75 Å². The molecule has 0 spiro atoms. The third kappa shape index (κ3) is 3.75. The quantitative estimate of drug-likeness (QED) is 0.863. The van der Waals surface area contributed by atoms with Gasteiger partial charge in [0.05, 0.1) is 12.8 Å². The third-order valence-electron chi connectivity index (χ3n) is 4.70. The van der Waals surface area contributed by atoms with Gasteiger partial charge in [0.15, 0.2) is 0 Å². The molecule has 3 rings (SSSR count). The van der Waals surface area contributed by atoms with Gasteiger partial charge in [-0.25, -0.2) is 0 Å². The van der Waals surface area contributed by atoms with Gasteiger partial charge in [-0.15, -0.1) is 0 Å². The van der Waals surface area contributed by atoms with Crippen molar-refractivity contribution in [1.82, 2.24) is 9.88 Å². The summed E-state index contributed by atoms with van der Waals surface area (Å²) in [4.78, 5) is 18.1. The Morgan fingerprint density at radius 3 is 2.96 bits per heavy atom. The summed E-state index contributed by atoms with van der Waals surface area (Å²) in [6, 6.07) is 12.2. The van der Waals surface area contributed by atoms with E-state index >= 15 is 0 Å². The number of rotatable bonds is 4. The minimum Gasteiger partial charge on any atom is -0.496 e. The lowest BCUT2D eigenvalue weighted by molar-refractivity contribution is -0.130. The zero-order valence-electron chi connectivity index (χ0n) is 14.4. The van der Waals surface area contributed by atoms with E-state index in [1.54, 1.807) is 14.0 Å². The van der Waals surface area contributed by atoms with Gasteiger partial charge in [-0.05, 0) is 55.0 Å². The summed E-state index contributed by atoms with van der Waals surface area (Å²) in [6.45, 7) is 3.42. The number of carbonyl (C=O) groups excluding carboxylic acids is 1. The lowest BCUT2D eigenvalue weighted by atomic mass is 9.91. The van der Waals surface area contributed by atoms with Gasteiger partial charge >= 0.3 is 0 Å². The highest BCUT2D eigenvalue weighted by Gasteiger charge is 2.21. The van der Waals surface area contributed by atoms with Crippen molar-refractivity contribution in [2.45, 2.75) is 26.2 Å². The van der Waals surface area contributed by atoms with Crippen molar-refractivity contribution >= 4 is 5.91 Å². The van der Waals surface area contributed by atoms with Gasteiger partial charge in [0.2, 0.25) is 5.91 Å². The molecule has 0 aliphatic carbocycles. The number of pyridine rings is 1. The fourth-order valence-electron chi connectivity index (χ4n) is 3.46. The molecule has 0 radical (unpaired) electrons. The van der Waals surface area contributed by atoms with E-state index in [4.69, 9.17) is 4.74 Å². The summed E-state index contributed by atoms with van der Waals surface area (Å²) < 4.78 is 5.45. The molecule has 1 aliphatic rings.